The van der Waals surface area contributed by atoms with Crippen molar-refractivity contribution in [2.24, 2.45) is 0 Å². The Balaban J connectivity index is 2.42. The van der Waals surface area contributed by atoms with E-state index < -0.39 is 0 Å². The van der Waals surface area contributed by atoms with Gasteiger partial charge in [0.2, 0.25) is 0 Å². The lowest BCUT2D eigenvalue weighted by Gasteiger charge is -2.06. The maximum absolute atomic E-state index is 11.5. The van der Waals surface area contributed by atoms with Gasteiger partial charge in [-0.3, -0.25) is 4.79 Å². The minimum atomic E-state index is 0.297. The first-order valence-electron chi connectivity index (χ1n) is 4.71. The minimum absolute atomic E-state index is 0.297. The first kappa shape index (κ1) is 8.88. The fourth-order valence-corrected chi connectivity index (χ4v) is 2.62. The molecule has 1 aliphatic carbocycles. The Morgan fingerprint density at radius 1 is 1.38 bits per heavy atom. The van der Waals surface area contributed by atoms with Crippen LogP contribution in [0.3, 0.4) is 0 Å². The molecule has 2 rings (SSSR count). The molecule has 70 valence electrons. The van der Waals surface area contributed by atoms with Crippen molar-refractivity contribution in [1.29, 1.82) is 0 Å². The molecule has 1 aliphatic rings. The molecule has 3 heteroatoms. The van der Waals surface area contributed by atoms with Gasteiger partial charge < -0.3 is 0 Å². The summed E-state index contributed by atoms with van der Waals surface area (Å²) < 4.78 is 0. The van der Waals surface area contributed by atoms with Gasteiger partial charge in [0.05, 0.1) is 15.6 Å². The van der Waals surface area contributed by atoms with Crippen LogP contribution in [0.2, 0.25) is 0 Å². The molecule has 0 aromatic carbocycles. The van der Waals surface area contributed by atoms with E-state index in [1.54, 1.807) is 11.3 Å². The molecule has 13 heavy (non-hydrogen) atoms. The van der Waals surface area contributed by atoms with Crippen molar-refractivity contribution in [3.8, 4) is 0 Å². The topological polar surface area (TPSA) is 30.0 Å². The maximum Gasteiger partial charge on any atom is 0.174 e. The Kier molecular flexibility index (Phi) is 2.20. The van der Waals surface area contributed by atoms with Crippen LogP contribution in [0.4, 0.5) is 0 Å². The Bertz CT molecular complexity index is 341. The lowest BCUT2D eigenvalue weighted by Crippen LogP contribution is -2.07. The Hall–Kier alpha value is -0.700. The van der Waals surface area contributed by atoms with Crippen LogP contribution < -0.4 is 0 Å². The smallest absolute Gasteiger partial charge is 0.174 e. The molecule has 1 aromatic rings. The van der Waals surface area contributed by atoms with Crippen molar-refractivity contribution < 1.29 is 4.79 Å². The SMILES string of the molecule is CC(C)c1nc2c(s1)C(=O)CCC2. The van der Waals surface area contributed by atoms with Crippen molar-refractivity contribution in [3.63, 3.8) is 0 Å². The van der Waals surface area contributed by atoms with Gasteiger partial charge in [-0.15, -0.1) is 11.3 Å². The fraction of sp³-hybridized carbons (Fsp3) is 0.600. The third kappa shape index (κ3) is 1.53. The minimum Gasteiger partial charge on any atom is -0.293 e. The summed E-state index contributed by atoms with van der Waals surface area (Å²) in [5, 5.41) is 1.11. The number of thiazole rings is 1. The third-order valence-electron chi connectivity index (χ3n) is 2.28. The number of rotatable bonds is 1. The zero-order valence-electron chi connectivity index (χ0n) is 7.96. The summed E-state index contributed by atoms with van der Waals surface area (Å²) in [6.45, 7) is 4.24. The number of hydrogen-bond donors (Lipinski definition) is 0. The molecule has 0 atom stereocenters. The molecular formula is C10H13NOS. The highest BCUT2D eigenvalue weighted by atomic mass is 32.1. The molecule has 1 heterocycles. The highest BCUT2D eigenvalue weighted by Crippen LogP contribution is 2.30. The largest absolute Gasteiger partial charge is 0.293 e. The molecule has 1 aromatic heterocycles. The van der Waals surface area contributed by atoms with Crippen LogP contribution in [0.1, 0.15) is 53.0 Å². The van der Waals surface area contributed by atoms with Crippen LogP contribution in [0.25, 0.3) is 0 Å². The van der Waals surface area contributed by atoms with Gasteiger partial charge >= 0.3 is 0 Å². The number of ketones is 1. The van der Waals surface area contributed by atoms with Gasteiger partial charge in [-0.1, -0.05) is 13.8 Å². The third-order valence-corrected chi connectivity index (χ3v) is 3.72. The molecule has 0 amide bonds. The summed E-state index contributed by atoms with van der Waals surface area (Å²) in [7, 11) is 0. The summed E-state index contributed by atoms with van der Waals surface area (Å²) in [5.74, 6) is 0.744. The van der Waals surface area contributed by atoms with Crippen molar-refractivity contribution in [2.45, 2.75) is 39.0 Å². The van der Waals surface area contributed by atoms with Gasteiger partial charge in [-0.05, 0) is 12.8 Å². The summed E-state index contributed by atoms with van der Waals surface area (Å²) in [5.41, 5.74) is 1.05. The van der Waals surface area contributed by atoms with E-state index in [0.29, 0.717) is 18.1 Å². The quantitative estimate of drug-likeness (QED) is 0.689. The molecule has 0 aliphatic heterocycles. The number of hydrogen-bond acceptors (Lipinski definition) is 3. The van der Waals surface area contributed by atoms with Crippen LogP contribution in [0.15, 0.2) is 0 Å². The molecule has 2 nitrogen and oxygen atoms in total. The zero-order chi connectivity index (χ0) is 9.42. The lowest BCUT2D eigenvalue weighted by atomic mass is 10.0. The second kappa shape index (κ2) is 3.22. The maximum atomic E-state index is 11.5. The van der Waals surface area contributed by atoms with E-state index in [-0.39, 0.29) is 0 Å². The van der Waals surface area contributed by atoms with Gasteiger partial charge in [0.1, 0.15) is 0 Å². The first-order chi connectivity index (χ1) is 6.18. The lowest BCUT2D eigenvalue weighted by molar-refractivity contribution is 0.0976. The number of aryl methyl sites for hydroxylation is 1. The van der Waals surface area contributed by atoms with Gasteiger partial charge in [0.25, 0.3) is 0 Å². The van der Waals surface area contributed by atoms with Crippen molar-refractivity contribution in [3.05, 3.63) is 15.6 Å². The normalized spacial score (nSPS) is 16.4. The van der Waals surface area contributed by atoms with E-state index >= 15 is 0 Å². The number of carbonyl (C=O) groups is 1. The van der Waals surface area contributed by atoms with Crippen molar-refractivity contribution in [2.75, 3.05) is 0 Å². The monoisotopic (exact) mass is 195 g/mol. The number of aromatic nitrogens is 1. The van der Waals surface area contributed by atoms with Crippen LogP contribution in [0.5, 0.6) is 0 Å². The molecular weight excluding hydrogens is 182 g/mol. The van der Waals surface area contributed by atoms with E-state index in [4.69, 9.17) is 0 Å². The van der Waals surface area contributed by atoms with E-state index in [1.165, 1.54) is 0 Å². The molecule has 0 unspecified atom stereocenters. The second-order valence-corrected chi connectivity index (χ2v) is 4.79. The van der Waals surface area contributed by atoms with Gasteiger partial charge in [-0.25, -0.2) is 4.98 Å². The fourth-order valence-electron chi connectivity index (χ4n) is 1.53. The van der Waals surface area contributed by atoms with E-state index in [1.807, 2.05) is 0 Å². The summed E-state index contributed by atoms with van der Waals surface area (Å²) >= 11 is 1.59. The Morgan fingerprint density at radius 2 is 2.15 bits per heavy atom. The molecule has 0 fully saturated rings. The van der Waals surface area contributed by atoms with E-state index in [2.05, 4.69) is 18.8 Å². The molecule has 0 saturated carbocycles. The van der Waals surface area contributed by atoms with Crippen LogP contribution >= 0.6 is 11.3 Å². The van der Waals surface area contributed by atoms with E-state index in [0.717, 1.165) is 28.4 Å². The van der Waals surface area contributed by atoms with Crippen molar-refractivity contribution >= 4 is 17.1 Å². The predicted molar refractivity (Wildman–Crippen MR) is 53.5 cm³/mol. The number of carbonyl (C=O) groups excluding carboxylic acids is 1. The van der Waals surface area contributed by atoms with Gasteiger partial charge in [0, 0.05) is 12.3 Å². The molecule has 0 bridgehead atoms. The van der Waals surface area contributed by atoms with Gasteiger partial charge in [-0.2, -0.15) is 0 Å². The average molecular weight is 195 g/mol. The number of Topliss-reactive ketones (excluding diaryl/α,β-unsaturated/α-hetero) is 1. The predicted octanol–water partition coefficient (Wildman–Crippen LogP) is 2.79. The Morgan fingerprint density at radius 3 is 2.77 bits per heavy atom. The molecule has 0 saturated heterocycles. The Labute approximate surface area is 82.0 Å². The standard InChI is InChI=1S/C10H13NOS/c1-6(2)10-11-7-4-3-5-8(12)9(7)13-10/h6H,3-5H2,1-2H3. The van der Waals surface area contributed by atoms with E-state index in [9.17, 15) is 4.79 Å². The molecule has 0 spiro atoms. The average Bonchev–Trinajstić information content (AvgIpc) is 2.49. The molecule has 0 radical (unpaired) electrons. The highest BCUT2D eigenvalue weighted by molar-refractivity contribution is 7.14. The summed E-state index contributed by atoms with van der Waals surface area (Å²) in [6.07, 6.45) is 2.68. The van der Waals surface area contributed by atoms with Gasteiger partial charge in [0.15, 0.2) is 5.78 Å². The van der Waals surface area contributed by atoms with Crippen molar-refractivity contribution in [1.82, 2.24) is 4.98 Å². The summed E-state index contributed by atoms with van der Waals surface area (Å²) in [6, 6.07) is 0. The van der Waals surface area contributed by atoms with Crippen LogP contribution in [-0.2, 0) is 6.42 Å². The number of nitrogens with zero attached hydrogens (tertiary/aromatic N) is 1. The second-order valence-electron chi connectivity index (χ2n) is 3.76. The number of fused-ring (bicyclic) bond motifs is 1. The summed E-state index contributed by atoms with van der Waals surface area (Å²) in [4.78, 5) is 16.9. The molecule has 0 N–H and O–H groups in total. The highest BCUT2D eigenvalue weighted by Gasteiger charge is 2.22. The van der Waals surface area contributed by atoms with Crippen LogP contribution in [-0.4, -0.2) is 10.8 Å². The first-order valence-corrected chi connectivity index (χ1v) is 5.53. The van der Waals surface area contributed by atoms with Crippen LogP contribution in [0, 0.1) is 0 Å². The zero-order valence-corrected chi connectivity index (χ0v) is 8.78.